The van der Waals surface area contributed by atoms with E-state index in [0.717, 1.165) is 21.4 Å². The first-order valence-corrected chi connectivity index (χ1v) is 6.38. The van der Waals surface area contributed by atoms with E-state index in [-0.39, 0.29) is 0 Å². The molecule has 18 heavy (non-hydrogen) atoms. The van der Waals surface area contributed by atoms with E-state index >= 15 is 0 Å². The second-order valence-corrected chi connectivity index (χ2v) is 4.79. The molecule has 0 radical (unpaired) electrons. The van der Waals surface area contributed by atoms with Crippen molar-refractivity contribution in [2.24, 2.45) is 0 Å². The molecule has 0 unspecified atom stereocenters. The fraction of sp³-hybridized carbons (Fsp3) is 0.231. The summed E-state index contributed by atoms with van der Waals surface area (Å²) in [5.74, 6) is 1.50. The van der Waals surface area contributed by atoms with Gasteiger partial charge in [-0.2, -0.15) is 0 Å². The van der Waals surface area contributed by atoms with E-state index in [4.69, 9.17) is 4.74 Å². The van der Waals surface area contributed by atoms with Gasteiger partial charge in [-0.3, -0.25) is 0 Å². The maximum Gasteiger partial charge on any atom is 0.223 e. The molecule has 0 aliphatic carbocycles. The van der Waals surface area contributed by atoms with Gasteiger partial charge in [0.15, 0.2) is 0 Å². The normalized spacial score (nSPS) is 10.2. The van der Waals surface area contributed by atoms with Crippen LogP contribution in [-0.2, 0) is 0 Å². The number of rotatable bonds is 4. The predicted molar refractivity (Wildman–Crippen MR) is 73.4 cm³/mol. The van der Waals surface area contributed by atoms with E-state index in [1.54, 1.807) is 18.9 Å². The Bertz CT molecular complexity index is 528. The van der Waals surface area contributed by atoms with Gasteiger partial charge in [-0.15, -0.1) is 0 Å². The number of hydrogen-bond donors (Lipinski definition) is 1. The number of methoxy groups -OCH3 is 1. The summed E-state index contributed by atoms with van der Waals surface area (Å²) in [6, 6.07) is 9.88. The standard InChI is InChI=1S/C13H15N3OS/c1-9-8-12(16-13(14-2)15-9)18-11-6-4-10(17-3)5-7-11/h4-8H,1-3H3,(H,14,15,16). The Labute approximate surface area is 111 Å². The van der Waals surface area contributed by atoms with Crippen molar-refractivity contribution in [3.63, 3.8) is 0 Å². The molecule has 0 saturated heterocycles. The third-order valence-corrected chi connectivity index (χ3v) is 3.26. The van der Waals surface area contributed by atoms with Gasteiger partial charge in [0.1, 0.15) is 10.8 Å². The quantitative estimate of drug-likeness (QED) is 0.857. The van der Waals surface area contributed by atoms with Gasteiger partial charge in [-0.1, -0.05) is 11.8 Å². The van der Waals surface area contributed by atoms with Gasteiger partial charge in [0.25, 0.3) is 0 Å². The van der Waals surface area contributed by atoms with Gasteiger partial charge in [-0.05, 0) is 37.3 Å². The van der Waals surface area contributed by atoms with Crippen LogP contribution in [0.5, 0.6) is 5.75 Å². The second-order valence-electron chi connectivity index (χ2n) is 3.70. The molecule has 1 aromatic carbocycles. The van der Waals surface area contributed by atoms with E-state index in [1.807, 2.05) is 44.3 Å². The molecule has 0 atom stereocenters. The average Bonchev–Trinajstić information content (AvgIpc) is 2.39. The van der Waals surface area contributed by atoms with Gasteiger partial charge >= 0.3 is 0 Å². The van der Waals surface area contributed by atoms with E-state index in [1.165, 1.54) is 0 Å². The number of anilines is 1. The summed E-state index contributed by atoms with van der Waals surface area (Å²) >= 11 is 1.60. The number of aromatic nitrogens is 2. The Morgan fingerprint density at radius 2 is 1.89 bits per heavy atom. The lowest BCUT2D eigenvalue weighted by Crippen LogP contribution is -1.98. The maximum atomic E-state index is 5.13. The van der Waals surface area contributed by atoms with Crippen LogP contribution in [0.2, 0.25) is 0 Å². The lowest BCUT2D eigenvalue weighted by molar-refractivity contribution is 0.414. The van der Waals surface area contributed by atoms with Crippen LogP contribution in [0.15, 0.2) is 40.3 Å². The molecule has 1 heterocycles. The zero-order valence-corrected chi connectivity index (χ0v) is 11.4. The average molecular weight is 261 g/mol. The van der Waals surface area contributed by atoms with Gasteiger partial charge in [0, 0.05) is 17.6 Å². The van der Waals surface area contributed by atoms with Crippen LogP contribution >= 0.6 is 11.8 Å². The lowest BCUT2D eigenvalue weighted by atomic mass is 10.3. The SMILES string of the molecule is CNc1nc(C)cc(Sc2ccc(OC)cc2)n1. The van der Waals surface area contributed by atoms with Crippen molar-refractivity contribution in [1.82, 2.24) is 9.97 Å². The number of hydrogen-bond acceptors (Lipinski definition) is 5. The highest BCUT2D eigenvalue weighted by atomic mass is 32.2. The Morgan fingerprint density at radius 1 is 1.17 bits per heavy atom. The van der Waals surface area contributed by atoms with Crippen molar-refractivity contribution >= 4 is 17.7 Å². The lowest BCUT2D eigenvalue weighted by Gasteiger charge is -2.05. The zero-order chi connectivity index (χ0) is 13.0. The van der Waals surface area contributed by atoms with Gasteiger partial charge in [0.05, 0.1) is 7.11 Å². The van der Waals surface area contributed by atoms with Crippen molar-refractivity contribution in [3.05, 3.63) is 36.0 Å². The molecular weight excluding hydrogens is 246 g/mol. The summed E-state index contributed by atoms with van der Waals surface area (Å²) in [6.45, 7) is 1.96. The predicted octanol–water partition coefficient (Wildman–Crippen LogP) is 2.99. The molecule has 0 bridgehead atoms. The first-order chi connectivity index (χ1) is 8.71. The Hall–Kier alpha value is -1.75. The van der Waals surface area contributed by atoms with Crippen LogP contribution in [0, 0.1) is 6.92 Å². The number of nitrogens with one attached hydrogen (secondary N) is 1. The monoisotopic (exact) mass is 261 g/mol. The molecule has 0 amide bonds. The molecule has 0 aliphatic heterocycles. The Morgan fingerprint density at radius 3 is 2.50 bits per heavy atom. The van der Waals surface area contributed by atoms with Crippen LogP contribution in [-0.4, -0.2) is 24.1 Å². The summed E-state index contributed by atoms with van der Waals surface area (Å²) in [7, 11) is 3.48. The minimum absolute atomic E-state index is 0.644. The zero-order valence-electron chi connectivity index (χ0n) is 10.6. The summed E-state index contributed by atoms with van der Waals surface area (Å²) in [5, 5.41) is 3.88. The fourth-order valence-electron chi connectivity index (χ4n) is 1.47. The van der Waals surface area contributed by atoms with E-state index < -0.39 is 0 Å². The van der Waals surface area contributed by atoms with Crippen molar-refractivity contribution in [2.45, 2.75) is 16.8 Å². The van der Waals surface area contributed by atoms with E-state index in [2.05, 4.69) is 15.3 Å². The van der Waals surface area contributed by atoms with Crippen LogP contribution in [0.3, 0.4) is 0 Å². The van der Waals surface area contributed by atoms with Gasteiger partial charge in [0.2, 0.25) is 5.95 Å². The Kier molecular flexibility index (Phi) is 4.04. The van der Waals surface area contributed by atoms with E-state index in [9.17, 15) is 0 Å². The first-order valence-electron chi connectivity index (χ1n) is 5.56. The summed E-state index contributed by atoms with van der Waals surface area (Å²) in [6.07, 6.45) is 0. The number of aryl methyl sites for hydroxylation is 1. The molecule has 2 rings (SSSR count). The molecule has 1 N–H and O–H groups in total. The highest BCUT2D eigenvalue weighted by molar-refractivity contribution is 7.99. The number of nitrogens with zero attached hydrogens (tertiary/aromatic N) is 2. The maximum absolute atomic E-state index is 5.13. The third-order valence-electron chi connectivity index (χ3n) is 2.34. The molecule has 94 valence electrons. The van der Waals surface area contributed by atoms with Crippen molar-refractivity contribution < 1.29 is 4.74 Å². The largest absolute Gasteiger partial charge is 0.497 e. The molecule has 0 fully saturated rings. The minimum atomic E-state index is 0.644. The molecule has 2 aromatic rings. The fourth-order valence-corrected chi connectivity index (χ4v) is 2.34. The Balaban J connectivity index is 2.19. The number of ether oxygens (including phenoxy) is 1. The minimum Gasteiger partial charge on any atom is -0.497 e. The van der Waals surface area contributed by atoms with Gasteiger partial charge < -0.3 is 10.1 Å². The molecular formula is C13H15N3OS. The molecule has 1 aromatic heterocycles. The number of benzene rings is 1. The third kappa shape index (κ3) is 3.13. The van der Waals surface area contributed by atoms with Crippen molar-refractivity contribution in [2.75, 3.05) is 19.5 Å². The highest BCUT2D eigenvalue weighted by Crippen LogP contribution is 2.28. The molecule has 0 spiro atoms. The molecule has 0 saturated carbocycles. The molecule has 5 heteroatoms. The first kappa shape index (κ1) is 12.7. The van der Waals surface area contributed by atoms with Crippen LogP contribution in [0.1, 0.15) is 5.69 Å². The van der Waals surface area contributed by atoms with Crippen LogP contribution in [0.4, 0.5) is 5.95 Å². The summed E-state index contributed by atoms with van der Waals surface area (Å²) in [5.41, 5.74) is 0.949. The highest BCUT2D eigenvalue weighted by Gasteiger charge is 2.03. The summed E-state index contributed by atoms with van der Waals surface area (Å²) in [4.78, 5) is 9.79. The van der Waals surface area contributed by atoms with Crippen molar-refractivity contribution in [3.8, 4) is 5.75 Å². The van der Waals surface area contributed by atoms with Crippen molar-refractivity contribution in [1.29, 1.82) is 0 Å². The van der Waals surface area contributed by atoms with E-state index in [0.29, 0.717) is 5.95 Å². The smallest absolute Gasteiger partial charge is 0.223 e. The molecule has 4 nitrogen and oxygen atoms in total. The van der Waals surface area contributed by atoms with Crippen LogP contribution < -0.4 is 10.1 Å². The van der Waals surface area contributed by atoms with Gasteiger partial charge in [-0.25, -0.2) is 9.97 Å². The molecule has 0 aliphatic rings. The second kappa shape index (κ2) is 5.73. The topological polar surface area (TPSA) is 47.0 Å². The summed E-state index contributed by atoms with van der Waals surface area (Å²) < 4.78 is 5.13. The van der Waals surface area contributed by atoms with Crippen LogP contribution in [0.25, 0.3) is 0 Å².